The van der Waals surface area contributed by atoms with Gasteiger partial charge in [0.2, 0.25) is 6.71 Å². The highest BCUT2D eigenvalue weighted by atomic mass is 32.2. The molecule has 1 aliphatic rings. The van der Waals surface area contributed by atoms with Crippen molar-refractivity contribution in [3.8, 4) is 0 Å². The van der Waals surface area contributed by atoms with Crippen LogP contribution in [-0.2, 0) is 0 Å². The van der Waals surface area contributed by atoms with Crippen LogP contribution in [0.3, 0.4) is 0 Å². The Hall–Kier alpha value is -1.15. The highest BCUT2D eigenvalue weighted by Gasteiger charge is 2.24. The normalized spacial score (nSPS) is 13.3. The van der Waals surface area contributed by atoms with Gasteiger partial charge in [0.15, 0.2) is 0 Å². The minimum Gasteiger partial charge on any atom is -0.0912 e. The summed E-state index contributed by atoms with van der Waals surface area (Å²) in [4.78, 5) is 2.81. The molecule has 0 N–H and O–H groups in total. The average Bonchev–Trinajstić information content (AvgIpc) is 2.30. The lowest BCUT2D eigenvalue weighted by molar-refractivity contribution is 1.43. The minimum absolute atomic E-state index is 0.527. The standard InChI is InChI=1S/C13H11BS/c1-14-10-6-2-4-8-12(10)15-13-9-5-3-7-11(13)14/h2-9H,1H3. The van der Waals surface area contributed by atoms with Gasteiger partial charge >= 0.3 is 0 Å². The number of benzene rings is 2. The topological polar surface area (TPSA) is 0 Å². The highest BCUT2D eigenvalue weighted by Crippen LogP contribution is 2.28. The lowest BCUT2D eigenvalue weighted by Gasteiger charge is -2.22. The summed E-state index contributed by atoms with van der Waals surface area (Å²) in [6.45, 7) is 2.82. The fourth-order valence-electron chi connectivity index (χ4n) is 2.15. The van der Waals surface area contributed by atoms with E-state index in [0.717, 1.165) is 0 Å². The molecule has 1 heterocycles. The molecule has 0 fully saturated rings. The molecule has 0 bridgehead atoms. The van der Waals surface area contributed by atoms with Crippen molar-refractivity contribution >= 4 is 29.4 Å². The summed E-state index contributed by atoms with van der Waals surface area (Å²) < 4.78 is 0. The molecule has 0 spiro atoms. The molecular weight excluding hydrogens is 199 g/mol. The third-order valence-electron chi connectivity index (χ3n) is 2.99. The molecule has 2 heteroatoms. The summed E-state index contributed by atoms with van der Waals surface area (Å²) in [7, 11) is 0. The van der Waals surface area contributed by atoms with Gasteiger partial charge < -0.3 is 0 Å². The quantitative estimate of drug-likeness (QED) is 0.601. The predicted octanol–water partition coefficient (Wildman–Crippen LogP) is 2.39. The van der Waals surface area contributed by atoms with Crippen molar-refractivity contribution in [3.63, 3.8) is 0 Å². The molecule has 3 rings (SSSR count). The maximum atomic E-state index is 2.29. The summed E-state index contributed by atoms with van der Waals surface area (Å²) in [5.41, 5.74) is 2.92. The van der Waals surface area contributed by atoms with Gasteiger partial charge in [-0.05, 0) is 12.1 Å². The molecule has 2 aromatic rings. The first-order valence-electron chi connectivity index (χ1n) is 5.22. The van der Waals surface area contributed by atoms with Crippen molar-refractivity contribution in [3.05, 3.63) is 48.5 Å². The van der Waals surface area contributed by atoms with E-state index in [1.165, 1.54) is 20.7 Å². The first-order chi connectivity index (χ1) is 7.36. The van der Waals surface area contributed by atoms with Crippen LogP contribution < -0.4 is 10.9 Å². The van der Waals surface area contributed by atoms with E-state index in [2.05, 4.69) is 55.4 Å². The van der Waals surface area contributed by atoms with E-state index in [9.17, 15) is 0 Å². The third kappa shape index (κ3) is 1.40. The van der Waals surface area contributed by atoms with Crippen molar-refractivity contribution in [1.29, 1.82) is 0 Å². The second-order valence-electron chi connectivity index (χ2n) is 3.90. The molecule has 0 nitrogen and oxygen atoms in total. The zero-order valence-electron chi connectivity index (χ0n) is 8.60. The fourth-order valence-corrected chi connectivity index (χ4v) is 3.40. The van der Waals surface area contributed by atoms with Crippen molar-refractivity contribution in [2.75, 3.05) is 0 Å². The lowest BCUT2D eigenvalue weighted by atomic mass is 9.42. The average molecular weight is 210 g/mol. The molecule has 0 radical (unpaired) electrons. The summed E-state index contributed by atoms with van der Waals surface area (Å²) >= 11 is 1.89. The Morgan fingerprint density at radius 3 is 1.80 bits per heavy atom. The molecule has 15 heavy (non-hydrogen) atoms. The van der Waals surface area contributed by atoms with Crippen LogP contribution in [0.25, 0.3) is 0 Å². The summed E-state index contributed by atoms with van der Waals surface area (Å²) in [6, 6.07) is 17.4. The van der Waals surface area contributed by atoms with Gasteiger partial charge in [-0.2, -0.15) is 0 Å². The van der Waals surface area contributed by atoms with Crippen LogP contribution in [0, 0.1) is 0 Å². The second-order valence-corrected chi connectivity index (χ2v) is 4.98. The van der Waals surface area contributed by atoms with E-state index in [4.69, 9.17) is 0 Å². The van der Waals surface area contributed by atoms with Gasteiger partial charge in [0.25, 0.3) is 0 Å². The van der Waals surface area contributed by atoms with Crippen molar-refractivity contribution in [2.45, 2.75) is 16.6 Å². The van der Waals surface area contributed by atoms with E-state index in [-0.39, 0.29) is 0 Å². The Labute approximate surface area is 94.8 Å². The lowest BCUT2D eigenvalue weighted by Crippen LogP contribution is -2.43. The zero-order valence-corrected chi connectivity index (χ0v) is 9.42. The first-order valence-corrected chi connectivity index (χ1v) is 6.03. The summed E-state index contributed by atoms with van der Waals surface area (Å²) in [5.74, 6) is 0. The van der Waals surface area contributed by atoms with E-state index in [1.54, 1.807) is 0 Å². The van der Waals surface area contributed by atoms with Gasteiger partial charge in [-0.1, -0.05) is 65.9 Å². The Kier molecular flexibility index (Phi) is 2.10. The van der Waals surface area contributed by atoms with Gasteiger partial charge in [-0.25, -0.2) is 0 Å². The van der Waals surface area contributed by atoms with Gasteiger partial charge in [-0.15, -0.1) is 0 Å². The molecule has 72 valence electrons. The summed E-state index contributed by atoms with van der Waals surface area (Å²) in [5, 5.41) is 0. The van der Waals surface area contributed by atoms with Gasteiger partial charge in [-0.3, -0.25) is 0 Å². The van der Waals surface area contributed by atoms with Crippen LogP contribution in [0.5, 0.6) is 0 Å². The Morgan fingerprint density at radius 2 is 1.27 bits per heavy atom. The highest BCUT2D eigenvalue weighted by molar-refractivity contribution is 8.00. The molecule has 0 saturated heterocycles. The predicted molar refractivity (Wildman–Crippen MR) is 67.9 cm³/mol. The number of hydrogen-bond acceptors (Lipinski definition) is 1. The van der Waals surface area contributed by atoms with E-state index < -0.39 is 0 Å². The number of rotatable bonds is 0. The molecule has 0 unspecified atom stereocenters. The largest absolute Gasteiger partial charge is 0.209 e. The van der Waals surface area contributed by atoms with E-state index >= 15 is 0 Å². The maximum Gasteiger partial charge on any atom is 0.209 e. The van der Waals surface area contributed by atoms with Crippen molar-refractivity contribution in [1.82, 2.24) is 0 Å². The van der Waals surface area contributed by atoms with Gasteiger partial charge in [0.1, 0.15) is 0 Å². The number of fused-ring (bicyclic) bond motifs is 2. The molecule has 0 amide bonds. The second kappa shape index (κ2) is 3.46. The molecule has 2 aromatic carbocycles. The van der Waals surface area contributed by atoms with Crippen molar-refractivity contribution < 1.29 is 0 Å². The van der Waals surface area contributed by atoms with Crippen LogP contribution >= 0.6 is 11.8 Å². The Morgan fingerprint density at radius 1 is 0.800 bits per heavy atom. The third-order valence-corrected chi connectivity index (χ3v) is 4.17. The summed E-state index contributed by atoms with van der Waals surface area (Å²) in [6.07, 6.45) is 0. The first kappa shape index (κ1) is 9.11. The van der Waals surface area contributed by atoms with E-state index in [0.29, 0.717) is 6.71 Å². The SMILES string of the molecule is CB1c2ccccc2Sc2ccccc21. The smallest absolute Gasteiger partial charge is 0.0912 e. The monoisotopic (exact) mass is 210 g/mol. The molecule has 0 atom stereocenters. The van der Waals surface area contributed by atoms with Crippen LogP contribution in [0.2, 0.25) is 6.82 Å². The molecule has 0 aromatic heterocycles. The molecule has 1 aliphatic heterocycles. The molecule has 0 aliphatic carbocycles. The minimum atomic E-state index is 0.527. The fraction of sp³-hybridized carbons (Fsp3) is 0.0769. The van der Waals surface area contributed by atoms with Crippen LogP contribution in [-0.4, -0.2) is 6.71 Å². The van der Waals surface area contributed by atoms with Crippen LogP contribution in [0.15, 0.2) is 58.3 Å². The Bertz CT molecular complexity index is 462. The van der Waals surface area contributed by atoms with Gasteiger partial charge in [0, 0.05) is 9.79 Å². The van der Waals surface area contributed by atoms with E-state index in [1.807, 2.05) is 11.8 Å². The molecular formula is C13H11BS. The Balaban J connectivity index is 2.20. The van der Waals surface area contributed by atoms with Crippen LogP contribution in [0.1, 0.15) is 0 Å². The van der Waals surface area contributed by atoms with Crippen molar-refractivity contribution in [2.24, 2.45) is 0 Å². The van der Waals surface area contributed by atoms with Gasteiger partial charge in [0.05, 0.1) is 0 Å². The maximum absolute atomic E-state index is 2.29. The zero-order chi connectivity index (χ0) is 10.3. The van der Waals surface area contributed by atoms with Crippen LogP contribution in [0.4, 0.5) is 0 Å². The number of hydrogen-bond donors (Lipinski definition) is 0. The molecule has 0 saturated carbocycles.